The highest BCUT2D eigenvalue weighted by Crippen LogP contribution is 2.19. The van der Waals surface area contributed by atoms with Crippen LogP contribution in [-0.4, -0.2) is 52.1 Å². The van der Waals surface area contributed by atoms with Crippen LogP contribution in [0.2, 0.25) is 0 Å². The van der Waals surface area contributed by atoms with Crippen LogP contribution in [0.5, 0.6) is 0 Å². The molecule has 2 heterocycles. The van der Waals surface area contributed by atoms with Crippen LogP contribution in [0.25, 0.3) is 0 Å². The van der Waals surface area contributed by atoms with Crippen molar-refractivity contribution < 1.29 is 9.84 Å². The van der Waals surface area contributed by atoms with E-state index in [1.165, 1.54) is 5.56 Å². The average molecular weight is 343 g/mol. The average Bonchev–Trinajstić information content (AvgIpc) is 3.02. The fourth-order valence-corrected chi connectivity index (χ4v) is 3.42. The van der Waals surface area contributed by atoms with E-state index in [0.29, 0.717) is 25.7 Å². The highest BCUT2D eigenvalue weighted by atomic mass is 16.5. The Balaban J connectivity index is 1.31. The van der Waals surface area contributed by atoms with Crippen LogP contribution in [0.4, 0.5) is 0 Å². The fourth-order valence-electron chi connectivity index (χ4n) is 3.42. The molecule has 0 amide bonds. The van der Waals surface area contributed by atoms with Crippen molar-refractivity contribution in [3.63, 3.8) is 0 Å². The van der Waals surface area contributed by atoms with Gasteiger partial charge >= 0.3 is 0 Å². The second-order valence-corrected chi connectivity index (χ2v) is 7.14. The van der Waals surface area contributed by atoms with Crippen LogP contribution in [0.3, 0.4) is 0 Å². The molecule has 1 saturated heterocycles. The van der Waals surface area contributed by atoms with Gasteiger partial charge in [-0.2, -0.15) is 5.10 Å². The highest BCUT2D eigenvalue weighted by molar-refractivity contribution is 5.13. The number of nitrogens with zero attached hydrogens (tertiary/aromatic N) is 3. The van der Waals surface area contributed by atoms with Crippen LogP contribution >= 0.6 is 0 Å². The molecule has 25 heavy (non-hydrogen) atoms. The van der Waals surface area contributed by atoms with Gasteiger partial charge < -0.3 is 14.7 Å². The lowest BCUT2D eigenvalue weighted by molar-refractivity contribution is 0.00393. The van der Waals surface area contributed by atoms with E-state index in [1.54, 1.807) is 0 Å². The molecule has 0 saturated carbocycles. The predicted octanol–water partition coefficient (Wildman–Crippen LogP) is 2.48. The molecule has 5 nitrogen and oxygen atoms in total. The van der Waals surface area contributed by atoms with E-state index >= 15 is 0 Å². The first-order chi connectivity index (χ1) is 12.2. The van der Waals surface area contributed by atoms with Crippen LogP contribution in [-0.2, 0) is 17.9 Å². The molecule has 1 aromatic carbocycles. The van der Waals surface area contributed by atoms with Crippen molar-refractivity contribution in [3.8, 4) is 0 Å². The van der Waals surface area contributed by atoms with E-state index in [9.17, 15) is 5.11 Å². The second-order valence-electron chi connectivity index (χ2n) is 7.14. The number of aromatic nitrogens is 2. The quantitative estimate of drug-likeness (QED) is 0.800. The molecule has 1 aliphatic rings. The molecule has 5 heteroatoms. The number of aliphatic hydroxyl groups excluding tert-OH is 1. The van der Waals surface area contributed by atoms with Crippen molar-refractivity contribution in [1.29, 1.82) is 0 Å². The van der Waals surface area contributed by atoms with Gasteiger partial charge in [-0.3, -0.25) is 4.68 Å². The van der Waals surface area contributed by atoms with Crippen molar-refractivity contribution in [3.05, 3.63) is 53.9 Å². The van der Waals surface area contributed by atoms with Gasteiger partial charge in [0.1, 0.15) is 0 Å². The molecule has 1 N–H and O–H groups in total. The molecule has 0 radical (unpaired) electrons. The number of aliphatic hydroxyl groups is 1. The summed E-state index contributed by atoms with van der Waals surface area (Å²) in [4.78, 5) is 2.35. The monoisotopic (exact) mass is 343 g/mol. The van der Waals surface area contributed by atoms with Gasteiger partial charge in [-0.25, -0.2) is 0 Å². The number of piperidine rings is 1. The zero-order valence-corrected chi connectivity index (χ0v) is 15.1. The Morgan fingerprint density at radius 3 is 2.68 bits per heavy atom. The summed E-state index contributed by atoms with van der Waals surface area (Å²) in [6.45, 7) is 6.81. The molecule has 3 rings (SSSR count). The summed E-state index contributed by atoms with van der Waals surface area (Å²) in [6.07, 6.45) is 5.93. The third-order valence-corrected chi connectivity index (χ3v) is 4.81. The zero-order chi connectivity index (χ0) is 17.5. The Labute approximate surface area is 150 Å². The molecule has 0 bridgehead atoms. The van der Waals surface area contributed by atoms with Crippen LogP contribution < -0.4 is 0 Å². The Hall–Kier alpha value is -1.69. The van der Waals surface area contributed by atoms with Gasteiger partial charge in [0, 0.05) is 19.3 Å². The molecule has 1 aliphatic heterocycles. The number of ether oxygens (including phenoxy) is 1. The van der Waals surface area contributed by atoms with Gasteiger partial charge in [0.05, 0.1) is 25.5 Å². The lowest BCUT2D eigenvalue weighted by atomic mass is 9.96. The van der Waals surface area contributed by atoms with Crippen molar-refractivity contribution >= 4 is 0 Å². The van der Waals surface area contributed by atoms with Crippen LogP contribution in [0.15, 0.2) is 42.7 Å². The Morgan fingerprint density at radius 2 is 2.00 bits per heavy atom. The van der Waals surface area contributed by atoms with Crippen molar-refractivity contribution in [1.82, 2.24) is 14.7 Å². The summed E-state index contributed by atoms with van der Waals surface area (Å²) in [5, 5.41) is 14.6. The predicted molar refractivity (Wildman–Crippen MR) is 98.2 cm³/mol. The van der Waals surface area contributed by atoms with Gasteiger partial charge in [0.2, 0.25) is 0 Å². The number of aryl methyl sites for hydroxylation is 1. The molecule has 0 spiro atoms. The number of likely N-dealkylation sites (tertiary alicyclic amines) is 1. The molecule has 2 aromatic rings. The molecule has 1 atom stereocenters. The number of benzene rings is 1. The minimum atomic E-state index is -0.422. The Morgan fingerprint density at radius 1 is 1.24 bits per heavy atom. The summed E-state index contributed by atoms with van der Waals surface area (Å²) in [6, 6.07) is 10.1. The summed E-state index contributed by atoms with van der Waals surface area (Å²) < 4.78 is 7.69. The van der Waals surface area contributed by atoms with E-state index in [2.05, 4.69) is 27.8 Å². The van der Waals surface area contributed by atoms with Crippen LogP contribution in [0, 0.1) is 12.8 Å². The van der Waals surface area contributed by atoms with Crippen molar-refractivity contribution in [2.24, 2.45) is 5.92 Å². The molecular weight excluding hydrogens is 314 g/mol. The third-order valence-electron chi connectivity index (χ3n) is 4.81. The number of hydrogen-bond donors (Lipinski definition) is 1. The van der Waals surface area contributed by atoms with Gasteiger partial charge in [-0.05, 0) is 49.9 Å². The van der Waals surface area contributed by atoms with Gasteiger partial charge in [0.25, 0.3) is 0 Å². The van der Waals surface area contributed by atoms with E-state index in [1.807, 2.05) is 36.5 Å². The maximum Gasteiger partial charge on any atom is 0.0900 e. The number of hydrogen-bond acceptors (Lipinski definition) is 4. The molecular formula is C20H29N3O2. The standard InChI is InChI=1S/C20H29N3O2/c1-17-11-21-23(12-17)13-18-7-9-22(10-8-18)14-20(24)16-25-15-19-5-3-2-4-6-19/h2-6,11-12,18,20,24H,7-10,13-16H2,1H3. The fraction of sp³-hybridized carbons (Fsp3) is 0.550. The van der Waals surface area contributed by atoms with Gasteiger partial charge in [0.15, 0.2) is 0 Å². The first-order valence-electron chi connectivity index (χ1n) is 9.20. The first-order valence-corrected chi connectivity index (χ1v) is 9.20. The molecule has 136 valence electrons. The topological polar surface area (TPSA) is 50.5 Å². The lowest BCUT2D eigenvalue weighted by Gasteiger charge is -2.33. The second kappa shape index (κ2) is 9.13. The summed E-state index contributed by atoms with van der Waals surface area (Å²) in [5.41, 5.74) is 2.36. The first kappa shape index (κ1) is 18.1. The van der Waals surface area contributed by atoms with Gasteiger partial charge in [-0.1, -0.05) is 30.3 Å². The minimum absolute atomic E-state index is 0.390. The maximum absolute atomic E-state index is 10.2. The minimum Gasteiger partial charge on any atom is -0.389 e. The Kier molecular flexibility index (Phi) is 6.62. The Bertz CT molecular complexity index is 621. The molecule has 1 fully saturated rings. The maximum atomic E-state index is 10.2. The number of β-amino-alcohol motifs (C(OH)–C–C–N with tert-alkyl or cyclic N) is 1. The van der Waals surface area contributed by atoms with Crippen LogP contribution in [0.1, 0.15) is 24.0 Å². The molecule has 1 unspecified atom stereocenters. The van der Waals surface area contributed by atoms with Crippen molar-refractivity contribution in [2.75, 3.05) is 26.2 Å². The highest BCUT2D eigenvalue weighted by Gasteiger charge is 2.21. The summed E-state index contributed by atoms with van der Waals surface area (Å²) in [5.74, 6) is 0.682. The van der Waals surface area contributed by atoms with E-state index < -0.39 is 6.10 Å². The van der Waals surface area contributed by atoms with E-state index in [4.69, 9.17) is 4.74 Å². The normalized spacial score (nSPS) is 17.7. The smallest absolute Gasteiger partial charge is 0.0900 e. The zero-order valence-electron chi connectivity index (χ0n) is 15.1. The lowest BCUT2D eigenvalue weighted by Crippen LogP contribution is -2.41. The van der Waals surface area contributed by atoms with E-state index in [-0.39, 0.29) is 0 Å². The van der Waals surface area contributed by atoms with E-state index in [0.717, 1.165) is 38.0 Å². The molecule has 1 aromatic heterocycles. The third kappa shape index (κ3) is 5.96. The summed E-state index contributed by atoms with van der Waals surface area (Å²) >= 11 is 0. The molecule has 0 aliphatic carbocycles. The van der Waals surface area contributed by atoms with Gasteiger partial charge in [-0.15, -0.1) is 0 Å². The summed E-state index contributed by atoms with van der Waals surface area (Å²) in [7, 11) is 0. The number of rotatable bonds is 8. The van der Waals surface area contributed by atoms with Crippen molar-refractivity contribution in [2.45, 2.75) is 39.0 Å². The largest absolute Gasteiger partial charge is 0.389 e. The SMILES string of the molecule is Cc1cnn(CC2CCN(CC(O)COCc3ccccc3)CC2)c1.